The van der Waals surface area contributed by atoms with Gasteiger partial charge in [0.1, 0.15) is 0 Å². The molecule has 8 nitrogen and oxygen atoms in total. The molecule has 0 radical (unpaired) electrons. The average molecular weight is 439 g/mol. The summed E-state index contributed by atoms with van der Waals surface area (Å²) in [5.74, 6) is -2.02. The Morgan fingerprint density at radius 1 is 1.06 bits per heavy atom. The summed E-state index contributed by atoms with van der Waals surface area (Å²) in [4.78, 5) is 60.6. The van der Waals surface area contributed by atoms with Crippen molar-refractivity contribution in [1.29, 1.82) is 0 Å². The highest BCUT2D eigenvalue weighted by atomic mass is 32.1. The molecule has 4 rings (SSSR count). The normalized spacial score (nSPS) is 19.5. The van der Waals surface area contributed by atoms with Crippen molar-refractivity contribution in [3.05, 3.63) is 40.5 Å². The highest BCUT2D eigenvalue weighted by Gasteiger charge is 2.46. The van der Waals surface area contributed by atoms with E-state index in [2.05, 4.69) is 22.4 Å². The number of benzene rings is 1. The zero-order chi connectivity index (χ0) is 22.3. The van der Waals surface area contributed by atoms with Crippen molar-refractivity contribution in [3.8, 4) is 0 Å². The van der Waals surface area contributed by atoms with E-state index in [1.807, 2.05) is 19.0 Å². The average Bonchev–Trinajstić information content (AvgIpc) is 2.75. The van der Waals surface area contributed by atoms with Crippen LogP contribution in [-0.4, -0.2) is 83.8 Å². The van der Waals surface area contributed by atoms with Gasteiger partial charge in [0.2, 0.25) is 5.91 Å². The summed E-state index contributed by atoms with van der Waals surface area (Å²) >= 11 is 4.54. The van der Waals surface area contributed by atoms with E-state index in [1.54, 1.807) is 18.2 Å². The summed E-state index contributed by atoms with van der Waals surface area (Å²) in [6.07, 6.45) is 2.54. The minimum Gasteiger partial charge on any atom is -0.308 e. The predicted octanol–water partition coefficient (Wildman–Crippen LogP) is 1.58. The van der Waals surface area contributed by atoms with E-state index < -0.39 is 17.7 Å². The number of allylic oxidation sites excluding steroid dienone is 1. The van der Waals surface area contributed by atoms with Crippen molar-refractivity contribution >= 4 is 46.6 Å². The van der Waals surface area contributed by atoms with Gasteiger partial charge < -0.3 is 4.90 Å². The van der Waals surface area contributed by atoms with E-state index in [0.29, 0.717) is 60.3 Å². The summed E-state index contributed by atoms with van der Waals surface area (Å²) in [5, 5.41) is 2.27. The Bertz CT molecular complexity index is 1090. The van der Waals surface area contributed by atoms with Gasteiger partial charge in [-0.15, -0.1) is 0 Å². The Hall–Kier alpha value is -3.00. The van der Waals surface area contributed by atoms with E-state index in [4.69, 9.17) is 0 Å². The Labute approximate surface area is 185 Å². The van der Waals surface area contributed by atoms with E-state index in [9.17, 15) is 19.2 Å². The van der Waals surface area contributed by atoms with E-state index in [0.717, 1.165) is 0 Å². The number of isothiocyanates is 1. The fourth-order valence-corrected chi connectivity index (χ4v) is 4.49. The van der Waals surface area contributed by atoms with Gasteiger partial charge in [-0.05, 0) is 56.9 Å². The maximum absolute atomic E-state index is 13.1. The zero-order valence-electron chi connectivity index (χ0n) is 17.4. The molecule has 0 saturated heterocycles. The second-order valence-corrected chi connectivity index (χ2v) is 8.22. The fourth-order valence-electron chi connectivity index (χ4n) is 4.40. The lowest BCUT2D eigenvalue weighted by atomic mass is 9.73. The summed E-state index contributed by atoms with van der Waals surface area (Å²) in [6.45, 7) is 1.45. The molecule has 1 aromatic rings. The van der Waals surface area contributed by atoms with Crippen LogP contribution in [0, 0.1) is 0 Å². The van der Waals surface area contributed by atoms with Gasteiger partial charge in [-0.25, -0.2) is 4.99 Å². The Morgan fingerprint density at radius 3 is 2.48 bits per heavy atom. The smallest absolute Gasteiger partial charge is 0.261 e. The Balaban J connectivity index is 1.74. The summed E-state index contributed by atoms with van der Waals surface area (Å²) < 4.78 is 0. The first-order valence-electron chi connectivity index (χ1n) is 10.1. The van der Waals surface area contributed by atoms with Crippen LogP contribution in [0.15, 0.2) is 23.2 Å². The van der Waals surface area contributed by atoms with Crippen LogP contribution in [0.25, 0.3) is 5.57 Å². The second-order valence-electron chi connectivity index (χ2n) is 8.04. The van der Waals surface area contributed by atoms with Crippen molar-refractivity contribution in [2.75, 3.05) is 40.3 Å². The van der Waals surface area contributed by atoms with Crippen LogP contribution >= 0.6 is 12.2 Å². The van der Waals surface area contributed by atoms with Gasteiger partial charge >= 0.3 is 0 Å². The van der Waals surface area contributed by atoms with Crippen molar-refractivity contribution in [2.45, 2.75) is 18.8 Å². The summed E-state index contributed by atoms with van der Waals surface area (Å²) in [6, 6.07) is 3.21. The number of hydrogen-bond donors (Lipinski definition) is 0. The molecule has 9 heteroatoms. The number of carbonyl (C=O) groups excluding carboxylic acids is 4. The van der Waals surface area contributed by atoms with Crippen molar-refractivity contribution in [2.24, 2.45) is 4.99 Å². The van der Waals surface area contributed by atoms with Gasteiger partial charge in [-0.1, -0.05) is 6.08 Å². The fraction of sp³-hybridized carbons (Fsp3) is 0.409. The first-order chi connectivity index (χ1) is 14.9. The molecule has 160 valence electrons. The van der Waals surface area contributed by atoms with E-state index in [-0.39, 0.29) is 18.4 Å². The van der Waals surface area contributed by atoms with E-state index >= 15 is 0 Å². The van der Waals surface area contributed by atoms with Gasteiger partial charge in [-0.3, -0.25) is 29.0 Å². The largest absolute Gasteiger partial charge is 0.308 e. The van der Waals surface area contributed by atoms with Gasteiger partial charge in [0.25, 0.3) is 17.7 Å². The number of nitrogens with zero attached hydrogens (tertiary/aromatic N) is 4. The molecular formula is C22H22N4O4S. The minimum absolute atomic E-state index is 0.214. The summed E-state index contributed by atoms with van der Waals surface area (Å²) in [7, 11) is 3.76. The van der Waals surface area contributed by atoms with Crippen LogP contribution in [-0.2, 0) is 9.59 Å². The number of hydrogen-bond acceptors (Lipinski definition) is 7. The molecule has 4 amide bonds. The molecular weight excluding hydrogens is 416 g/mol. The molecule has 1 atom stereocenters. The number of carbonyl (C=O) groups is 4. The monoisotopic (exact) mass is 438 g/mol. The molecule has 0 saturated carbocycles. The van der Waals surface area contributed by atoms with Crippen LogP contribution in [0.2, 0.25) is 0 Å². The molecule has 0 bridgehead atoms. The predicted molar refractivity (Wildman–Crippen MR) is 117 cm³/mol. The SMILES string of the molecule is CN(C)CCN1C(=O)c2ccc3c4c2C(CC=C4C(=O)N(CCCN=C=S)C3=O)C1=O. The molecule has 0 aromatic heterocycles. The Kier molecular flexibility index (Phi) is 5.66. The number of likely N-dealkylation sites (N-methyl/N-ethyl adjacent to an activating group) is 1. The third kappa shape index (κ3) is 3.44. The van der Waals surface area contributed by atoms with Crippen LogP contribution in [0.1, 0.15) is 50.6 Å². The maximum atomic E-state index is 13.1. The quantitative estimate of drug-likeness (QED) is 0.278. The Morgan fingerprint density at radius 2 is 1.77 bits per heavy atom. The van der Waals surface area contributed by atoms with Crippen molar-refractivity contribution in [1.82, 2.24) is 14.7 Å². The maximum Gasteiger partial charge on any atom is 0.261 e. The topological polar surface area (TPSA) is 90.4 Å². The number of imide groups is 2. The first kappa shape index (κ1) is 21.2. The first-order valence-corrected chi connectivity index (χ1v) is 10.5. The third-order valence-corrected chi connectivity index (χ3v) is 6.03. The molecule has 3 aliphatic rings. The van der Waals surface area contributed by atoms with Crippen LogP contribution in [0.5, 0.6) is 0 Å². The highest BCUT2D eigenvalue weighted by Crippen LogP contribution is 2.45. The number of thiocarbonyl (C=S) groups is 1. The number of aliphatic imine (C=N–C) groups is 1. The number of amides is 4. The standard InChI is InChI=1S/C22H22N4O4S/c1-24(2)10-11-26-21(29)15-6-4-13-17-14(5-7-16(18(15)17)22(26)30)20(28)25(19(13)27)9-3-8-23-12-31/h4-6,16H,3,7-11H2,1-2H3. The van der Waals surface area contributed by atoms with Gasteiger partial charge in [0.15, 0.2) is 0 Å². The molecule has 0 fully saturated rings. The molecule has 2 aliphatic heterocycles. The molecule has 31 heavy (non-hydrogen) atoms. The highest BCUT2D eigenvalue weighted by molar-refractivity contribution is 7.78. The molecule has 1 aliphatic carbocycles. The second kappa shape index (κ2) is 8.26. The molecule has 2 heterocycles. The van der Waals surface area contributed by atoms with Crippen LogP contribution in [0.3, 0.4) is 0 Å². The van der Waals surface area contributed by atoms with Crippen molar-refractivity contribution in [3.63, 3.8) is 0 Å². The zero-order valence-corrected chi connectivity index (χ0v) is 18.2. The third-order valence-electron chi connectivity index (χ3n) is 5.90. The molecule has 0 N–H and O–H groups in total. The van der Waals surface area contributed by atoms with Gasteiger partial charge in [0.05, 0.1) is 17.6 Å². The van der Waals surface area contributed by atoms with Crippen LogP contribution < -0.4 is 0 Å². The lowest BCUT2D eigenvalue weighted by Crippen LogP contribution is -2.50. The van der Waals surface area contributed by atoms with Gasteiger partial charge in [0, 0.05) is 41.9 Å². The number of rotatable bonds is 7. The molecule has 0 spiro atoms. The minimum atomic E-state index is -0.558. The summed E-state index contributed by atoms with van der Waals surface area (Å²) in [5.41, 5.74) is 2.12. The van der Waals surface area contributed by atoms with Crippen LogP contribution in [0.4, 0.5) is 0 Å². The van der Waals surface area contributed by atoms with Crippen molar-refractivity contribution < 1.29 is 19.2 Å². The lowest BCUT2D eigenvalue weighted by Gasteiger charge is -2.39. The van der Waals surface area contributed by atoms with Gasteiger partial charge in [-0.2, -0.15) is 0 Å². The lowest BCUT2D eigenvalue weighted by molar-refractivity contribution is -0.131. The molecule has 1 aromatic carbocycles. The van der Waals surface area contributed by atoms with E-state index in [1.165, 1.54) is 9.80 Å². The molecule has 1 unspecified atom stereocenters.